The molecule has 0 atom stereocenters. The molecule has 0 radical (unpaired) electrons. The zero-order valence-electron chi connectivity index (χ0n) is 19.9. The lowest BCUT2D eigenvalue weighted by Gasteiger charge is -2.16. The van der Waals surface area contributed by atoms with Crippen LogP contribution in [0, 0.1) is 0 Å². The van der Waals surface area contributed by atoms with Gasteiger partial charge in [-0.25, -0.2) is 9.88 Å². The first-order valence-corrected chi connectivity index (χ1v) is 13.4. The van der Waals surface area contributed by atoms with Crippen LogP contribution < -0.4 is 4.90 Å². The van der Waals surface area contributed by atoms with Crippen LogP contribution in [-0.2, 0) is 0 Å². The topological polar surface area (TPSA) is 87.6 Å². The van der Waals surface area contributed by atoms with E-state index in [9.17, 15) is 19.5 Å². The summed E-state index contributed by atoms with van der Waals surface area (Å²) < 4.78 is 0. The average molecular weight is 606 g/mol. The Bertz CT molecular complexity index is 2040. The third-order valence-corrected chi connectivity index (χ3v) is 8.95. The summed E-state index contributed by atoms with van der Waals surface area (Å²) in [4.78, 5) is 46.1. The molecule has 1 N–H and O–H groups in total. The summed E-state index contributed by atoms with van der Waals surface area (Å²) in [5.74, 6) is -2.07. The van der Waals surface area contributed by atoms with E-state index >= 15 is 0 Å². The highest BCUT2D eigenvalue weighted by molar-refractivity contribution is 6.56. The highest BCUT2D eigenvalue weighted by Crippen LogP contribution is 2.46. The van der Waals surface area contributed by atoms with Crippen molar-refractivity contribution in [1.82, 2.24) is 4.98 Å². The molecule has 40 heavy (non-hydrogen) atoms. The fraction of sp³-hybridized carbons (Fsp3) is 0. The number of carbonyl (C=O) groups is 3. The minimum absolute atomic E-state index is 0.0222. The Morgan fingerprint density at radius 1 is 0.650 bits per heavy atom. The summed E-state index contributed by atoms with van der Waals surface area (Å²) in [6.45, 7) is 0. The highest BCUT2D eigenvalue weighted by Gasteiger charge is 2.43. The fourth-order valence-corrected chi connectivity index (χ4v) is 6.27. The molecule has 6 nitrogen and oxygen atoms in total. The molecule has 0 fully saturated rings. The van der Waals surface area contributed by atoms with Gasteiger partial charge in [-0.05, 0) is 35.0 Å². The Morgan fingerprint density at radius 2 is 1.23 bits per heavy atom. The number of rotatable bonds is 2. The first-order chi connectivity index (χ1) is 19.2. The predicted octanol–water partition coefficient (Wildman–Crippen LogP) is 8.42. The molecule has 2 heterocycles. The zero-order valence-corrected chi connectivity index (χ0v) is 23.0. The molecule has 0 spiro atoms. The van der Waals surface area contributed by atoms with Gasteiger partial charge in [-0.1, -0.05) is 88.9 Å². The van der Waals surface area contributed by atoms with Crippen LogP contribution in [0.5, 0.6) is 0 Å². The van der Waals surface area contributed by atoms with Gasteiger partial charge < -0.3 is 5.11 Å². The number of ketones is 1. The van der Waals surface area contributed by atoms with Crippen LogP contribution >= 0.6 is 46.4 Å². The second-order valence-corrected chi connectivity index (χ2v) is 10.8. The summed E-state index contributed by atoms with van der Waals surface area (Å²) in [5.41, 5.74) is 1.04. The van der Waals surface area contributed by atoms with Crippen molar-refractivity contribution in [3.05, 3.63) is 115 Å². The van der Waals surface area contributed by atoms with Gasteiger partial charge in [0.15, 0.2) is 5.78 Å². The fourth-order valence-electron chi connectivity index (χ4n) is 5.26. The minimum Gasteiger partial charge on any atom is -0.506 e. The van der Waals surface area contributed by atoms with E-state index in [1.54, 1.807) is 36.4 Å². The molecule has 10 heteroatoms. The van der Waals surface area contributed by atoms with E-state index in [0.717, 1.165) is 15.7 Å². The Hall–Kier alpha value is -3.94. The number of imide groups is 1. The van der Waals surface area contributed by atoms with Crippen molar-refractivity contribution in [2.75, 3.05) is 4.90 Å². The number of pyridine rings is 1. The number of benzene rings is 4. The van der Waals surface area contributed by atoms with Gasteiger partial charge in [0.05, 0.1) is 53.7 Å². The number of halogens is 4. The van der Waals surface area contributed by atoms with Crippen LogP contribution in [0.15, 0.2) is 66.7 Å². The monoisotopic (exact) mass is 604 g/mol. The Morgan fingerprint density at radius 3 is 1.85 bits per heavy atom. The SMILES string of the molecule is O=C1C(c2ccc3cccc(N4C(=O)c5c(Cl)c(Cl)c(Cl)c(Cl)c5C4=O)c3n2)=C(O)c2cc3ccccc3cc21. The molecule has 1 aliphatic carbocycles. The average Bonchev–Trinajstić information content (AvgIpc) is 3.36. The summed E-state index contributed by atoms with van der Waals surface area (Å²) >= 11 is 24.9. The second kappa shape index (κ2) is 8.78. The van der Waals surface area contributed by atoms with Gasteiger partial charge in [0.2, 0.25) is 0 Å². The van der Waals surface area contributed by atoms with E-state index < -0.39 is 11.8 Å². The normalized spacial score (nSPS) is 14.6. The Kier molecular flexibility index (Phi) is 5.50. The molecular formula is C30H12Cl4N2O4. The summed E-state index contributed by atoms with van der Waals surface area (Å²) in [5, 5.41) is 12.8. The van der Waals surface area contributed by atoms with Crippen LogP contribution in [0.3, 0.4) is 0 Å². The first kappa shape index (κ1) is 25.1. The van der Waals surface area contributed by atoms with Gasteiger partial charge in [-0.15, -0.1) is 0 Å². The quantitative estimate of drug-likeness (QED) is 0.124. The van der Waals surface area contributed by atoms with Gasteiger partial charge in [0.25, 0.3) is 11.8 Å². The Balaban J connectivity index is 1.39. The smallest absolute Gasteiger partial charge is 0.267 e. The number of aliphatic hydroxyl groups excluding tert-OH is 1. The molecule has 4 aromatic carbocycles. The number of anilines is 1. The maximum absolute atomic E-state index is 13.5. The lowest BCUT2D eigenvalue weighted by molar-refractivity contribution is 0.0925. The first-order valence-electron chi connectivity index (χ1n) is 11.8. The van der Waals surface area contributed by atoms with E-state index in [1.165, 1.54) is 6.07 Å². The van der Waals surface area contributed by atoms with Crippen molar-refractivity contribution in [1.29, 1.82) is 0 Å². The van der Waals surface area contributed by atoms with Crippen molar-refractivity contribution in [2.45, 2.75) is 0 Å². The van der Waals surface area contributed by atoms with Gasteiger partial charge in [0, 0.05) is 16.5 Å². The number of allylic oxidation sites excluding steroid dienone is 1. The van der Waals surface area contributed by atoms with Crippen molar-refractivity contribution in [3.8, 4) is 0 Å². The molecule has 0 saturated heterocycles. The maximum atomic E-state index is 13.5. The highest BCUT2D eigenvalue weighted by atomic mass is 35.5. The number of hydrogen-bond donors (Lipinski definition) is 1. The van der Waals surface area contributed by atoms with E-state index in [1.807, 2.05) is 24.3 Å². The summed E-state index contributed by atoms with van der Waals surface area (Å²) in [6.07, 6.45) is 0. The number of nitrogens with zero attached hydrogens (tertiary/aromatic N) is 2. The van der Waals surface area contributed by atoms with Gasteiger partial charge in [0.1, 0.15) is 5.76 Å². The number of aliphatic hydroxyl groups is 1. The van der Waals surface area contributed by atoms with Crippen molar-refractivity contribution in [2.24, 2.45) is 0 Å². The van der Waals surface area contributed by atoms with E-state index in [2.05, 4.69) is 4.98 Å². The molecule has 2 aliphatic rings. The lowest BCUT2D eigenvalue weighted by Crippen LogP contribution is -2.29. The number of Topliss-reactive ketones (excluding diaryl/α,β-unsaturated/α-hetero) is 1. The molecule has 0 saturated carbocycles. The largest absolute Gasteiger partial charge is 0.506 e. The second-order valence-electron chi connectivity index (χ2n) is 9.29. The van der Waals surface area contributed by atoms with Crippen molar-refractivity contribution < 1.29 is 19.5 Å². The van der Waals surface area contributed by atoms with Gasteiger partial charge in [-0.2, -0.15) is 0 Å². The van der Waals surface area contributed by atoms with E-state index in [-0.39, 0.29) is 65.2 Å². The lowest BCUT2D eigenvalue weighted by atomic mass is 10.0. The minimum atomic E-state index is -0.747. The van der Waals surface area contributed by atoms with E-state index in [0.29, 0.717) is 16.5 Å². The molecule has 1 aliphatic heterocycles. The number of fused-ring (bicyclic) bond motifs is 4. The molecule has 0 unspecified atom stereocenters. The summed E-state index contributed by atoms with van der Waals surface area (Å²) in [7, 11) is 0. The van der Waals surface area contributed by atoms with Crippen LogP contribution in [-0.4, -0.2) is 27.7 Å². The van der Waals surface area contributed by atoms with Crippen LogP contribution in [0.25, 0.3) is 33.0 Å². The molecule has 2 amide bonds. The number of amides is 2. The van der Waals surface area contributed by atoms with Crippen molar-refractivity contribution in [3.63, 3.8) is 0 Å². The number of aromatic nitrogens is 1. The maximum Gasteiger partial charge on any atom is 0.267 e. The Labute approximate surface area is 246 Å². The van der Waals surface area contributed by atoms with Crippen LogP contribution in [0.2, 0.25) is 20.1 Å². The third kappa shape index (κ3) is 3.31. The number of para-hydroxylation sites is 1. The molecule has 5 aromatic rings. The molecule has 0 bridgehead atoms. The molecule has 1 aromatic heterocycles. The van der Waals surface area contributed by atoms with Gasteiger partial charge in [-0.3, -0.25) is 14.4 Å². The molecule has 7 rings (SSSR count). The summed E-state index contributed by atoms with van der Waals surface area (Å²) in [6, 6.07) is 19.3. The van der Waals surface area contributed by atoms with Crippen LogP contribution in [0.4, 0.5) is 5.69 Å². The predicted molar refractivity (Wildman–Crippen MR) is 157 cm³/mol. The number of hydrogen-bond acceptors (Lipinski definition) is 5. The third-order valence-electron chi connectivity index (χ3n) is 7.15. The standard InChI is InChI=1S/C30H12Cl4N2O4/c31-22-20-21(23(32)25(34)24(22)33)30(40)36(29(20)39)18-7-3-6-12-8-9-17(35-26(12)18)19-27(37)15-10-13-4-1-2-5-14(13)11-16(15)28(19)38/h1-11,37H. The van der Waals surface area contributed by atoms with E-state index in [4.69, 9.17) is 46.4 Å². The molecular weight excluding hydrogens is 594 g/mol. The number of carbonyl (C=O) groups excluding carboxylic acids is 3. The van der Waals surface area contributed by atoms with Crippen molar-refractivity contribution >= 4 is 103 Å². The van der Waals surface area contributed by atoms with Gasteiger partial charge >= 0.3 is 0 Å². The zero-order chi connectivity index (χ0) is 28.0. The van der Waals surface area contributed by atoms with Crippen LogP contribution in [0.1, 0.15) is 42.3 Å². The molecule has 194 valence electrons.